The van der Waals surface area contributed by atoms with Crippen LogP contribution in [0.15, 0.2) is 21.6 Å². The highest BCUT2D eigenvalue weighted by molar-refractivity contribution is 5.77. The van der Waals surface area contributed by atoms with Gasteiger partial charge >= 0.3 is 0 Å². The Morgan fingerprint density at radius 2 is 1.60 bits per heavy atom. The van der Waals surface area contributed by atoms with E-state index in [1.54, 1.807) is 19.3 Å². The molecular formula is C6H16N10O4. The lowest BCUT2D eigenvalue weighted by atomic mass is 10.4. The number of nitrogens with zero attached hydrogens (tertiary/aromatic N) is 4. The van der Waals surface area contributed by atoms with Crippen LogP contribution >= 0.6 is 0 Å². The molecule has 114 valence electrons. The number of rotatable bonds is 6. The molecule has 0 heterocycles. The second kappa shape index (κ2) is 8.29. The van der Waals surface area contributed by atoms with Crippen molar-refractivity contribution < 1.29 is 15.4 Å². The van der Waals surface area contributed by atoms with E-state index in [2.05, 4.69) is 21.1 Å². The molecule has 0 saturated carbocycles. The molecule has 14 nitrogen and oxygen atoms in total. The molecule has 0 aromatic rings. The number of hydrazine groups is 2. The molecule has 0 atom stereocenters. The monoisotopic (exact) mass is 292 g/mol. The third kappa shape index (κ3) is 8.28. The number of allylic oxidation sites excluding steroid dienone is 2. The maximum Gasteiger partial charge on any atom is 0.273 e. The molecule has 0 spiro atoms. The molecule has 10 N–H and O–H groups in total. The van der Waals surface area contributed by atoms with Crippen LogP contribution < -0.4 is 33.2 Å². The van der Waals surface area contributed by atoms with Crippen LogP contribution in [0.1, 0.15) is 13.8 Å². The maximum atomic E-state index is 10.1. The van der Waals surface area contributed by atoms with Crippen molar-refractivity contribution in [3.8, 4) is 0 Å². The summed E-state index contributed by atoms with van der Waals surface area (Å²) in [6, 6.07) is 0. The smallest absolute Gasteiger partial charge is 0.273 e. The lowest BCUT2D eigenvalue weighted by molar-refractivity contribution is -0.525. The van der Waals surface area contributed by atoms with E-state index in [9.17, 15) is 10.1 Å². The van der Waals surface area contributed by atoms with Gasteiger partial charge in [-0.25, -0.2) is 15.5 Å². The third-order valence-electron chi connectivity index (χ3n) is 1.67. The van der Waals surface area contributed by atoms with Gasteiger partial charge in [-0.2, -0.15) is 0 Å². The average Bonchev–Trinajstić information content (AvgIpc) is 2.31. The highest BCUT2D eigenvalue weighted by Crippen LogP contribution is 1.95. The topological polar surface area (TPSA) is 212 Å². The van der Waals surface area contributed by atoms with Crippen molar-refractivity contribution in [1.29, 1.82) is 0 Å². The zero-order valence-corrected chi connectivity index (χ0v) is 10.7. The van der Waals surface area contributed by atoms with Gasteiger partial charge in [-0.1, -0.05) is 5.43 Å². The molecular weight excluding hydrogens is 276 g/mol. The summed E-state index contributed by atoms with van der Waals surface area (Å²) in [6.45, 7) is 3.16. The van der Waals surface area contributed by atoms with Gasteiger partial charge in [0.1, 0.15) is 0 Å². The first-order valence-corrected chi connectivity index (χ1v) is 4.93. The van der Waals surface area contributed by atoms with Crippen molar-refractivity contribution >= 4 is 11.9 Å². The average molecular weight is 292 g/mol. The molecule has 0 rings (SSSR count). The molecule has 0 aliphatic heterocycles. The molecule has 0 radical (unpaired) electrons. The lowest BCUT2D eigenvalue weighted by Gasteiger charge is -2.10. The maximum absolute atomic E-state index is 10.1. The van der Waals surface area contributed by atoms with E-state index < -0.39 is 11.0 Å². The van der Waals surface area contributed by atoms with E-state index >= 15 is 0 Å². The highest BCUT2D eigenvalue weighted by Gasteiger charge is 2.00. The Kier molecular flexibility index (Phi) is 7.12. The largest absolute Gasteiger partial charge is 0.367 e. The van der Waals surface area contributed by atoms with Crippen molar-refractivity contribution in [1.82, 2.24) is 27.0 Å². The summed E-state index contributed by atoms with van der Waals surface area (Å²) >= 11 is 0. The second-order valence-electron chi connectivity index (χ2n) is 3.24. The van der Waals surface area contributed by atoms with Crippen LogP contribution in [0.5, 0.6) is 0 Å². The Bertz CT molecular complexity index is 429. The van der Waals surface area contributed by atoms with Gasteiger partial charge in [0.2, 0.25) is 5.96 Å². The number of nitro groups is 1. The minimum atomic E-state index is -0.864. The fraction of sp³-hybridized carbons (Fsp3) is 0.333. The van der Waals surface area contributed by atoms with Gasteiger partial charge in [-0.05, 0) is 13.8 Å². The Labute approximate surface area is 112 Å². The molecule has 0 fully saturated rings. The SMILES string of the molecule is CC(NN=C(N)NN(O)O)=C(C)NN=C(N)N[N+](=O)[O-]. The molecule has 0 unspecified atom stereocenters. The zero-order valence-electron chi connectivity index (χ0n) is 10.7. The fourth-order valence-electron chi connectivity index (χ4n) is 0.702. The number of nitrogens with two attached hydrogens (primary N) is 2. The summed E-state index contributed by atoms with van der Waals surface area (Å²) in [5.74, 6) is -0.775. The first kappa shape index (κ1) is 17.2. The van der Waals surface area contributed by atoms with E-state index in [1.807, 2.05) is 5.43 Å². The van der Waals surface area contributed by atoms with E-state index in [1.165, 1.54) is 0 Å². The predicted molar refractivity (Wildman–Crippen MR) is 66.6 cm³/mol. The first-order valence-electron chi connectivity index (χ1n) is 4.93. The Balaban J connectivity index is 4.49. The van der Waals surface area contributed by atoms with Crippen molar-refractivity contribution in [2.75, 3.05) is 0 Å². The van der Waals surface area contributed by atoms with Crippen molar-refractivity contribution in [2.24, 2.45) is 21.7 Å². The highest BCUT2D eigenvalue weighted by atomic mass is 16.8. The lowest BCUT2D eigenvalue weighted by Crippen LogP contribution is -2.43. The number of hydrogen-bond donors (Lipinski definition) is 8. The normalized spacial score (nSPS) is 13.7. The quantitative estimate of drug-likeness (QED) is 0.109. The van der Waals surface area contributed by atoms with Crippen LogP contribution in [-0.4, -0.2) is 32.7 Å². The standard InChI is InChI=1S/C6H16N10O4/c1-3(9-11-5(7)13-15(17)18)4(2)10-12-6(8)14-16(19)20/h9-10,17-18H,1-2H3,(H3,7,11,13)(H3,8,12,14). The van der Waals surface area contributed by atoms with Gasteiger partial charge in [-0.15, -0.1) is 10.2 Å². The van der Waals surface area contributed by atoms with Gasteiger partial charge in [0.25, 0.3) is 5.96 Å². The fourth-order valence-corrected chi connectivity index (χ4v) is 0.702. The summed E-state index contributed by atoms with van der Waals surface area (Å²) in [7, 11) is 0. The molecule has 0 aliphatic carbocycles. The van der Waals surface area contributed by atoms with Crippen LogP contribution in [0.2, 0.25) is 0 Å². The van der Waals surface area contributed by atoms with E-state index in [0.29, 0.717) is 11.4 Å². The third-order valence-corrected chi connectivity index (χ3v) is 1.67. The number of hydrazone groups is 2. The van der Waals surface area contributed by atoms with Crippen molar-refractivity contribution in [3.63, 3.8) is 0 Å². The summed E-state index contributed by atoms with van der Waals surface area (Å²) in [4.78, 5) is 10.1. The Morgan fingerprint density at radius 1 is 1.15 bits per heavy atom. The summed E-state index contributed by atoms with van der Waals surface area (Å²) in [6.07, 6.45) is 0. The van der Waals surface area contributed by atoms with E-state index in [4.69, 9.17) is 21.9 Å². The van der Waals surface area contributed by atoms with Crippen molar-refractivity contribution in [2.45, 2.75) is 13.8 Å². The molecule has 20 heavy (non-hydrogen) atoms. The van der Waals surface area contributed by atoms with Gasteiger partial charge in [0.05, 0.1) is 11.4 Å². The molecule has 0 aromatic carbocycles. The van der Waals surface area contributed by atoms with Crippen molar-refractivity contribution in [3.05, 3.63) is 21.5 Å². The van der Waals surface area contributed by atoms with Crippen LogP contribution in [0.4, 0.5) is 0 Å². The Morgan fingerprint density at radius 3 is 2.00 bits per heavy atom. The van der Waals surface area contributed by atoms with Crippen LogP contribution in [-0.2, 0) is 0 Å². The molecule has 14 heteroatoms. The zero-order chi connectivity index (χ0) is 15.7. The van der Waals surface area contributed by atoms with Crippen LogP contribution in [0.3, 0.4) is 0 Å². The van der Waals surface area contributed by atoms with Gasteiger partial charge < -0.3 is 11.5 Å². The summed E-state index contributed by atoms with van der Waals surface area (Å²) in [5, 5.41) is 32.6. The molecule has 0 aliphatic rings. The minimum absolute atomic E-state index is 0.333. The molecule has 0 aromatic heterocycles. The number of hydrogen-bond acceptors (Lipinski definition) is 9. The number of guanidine groups is 2. The van der Waals surface area contributed by atoms with Gasteiger partial charge in [-0.3, -0.25) is 21.3 Å². The summed E-state index contributed by atoms with van der Waals surface area (Å²) in [5.41, 5.74) is 19.6. The van der Waals surface area contributed by atoms with Crippen LogP contribution in [0.25, 0.3) is 0 Å². The molecule has 0 saturated heterocycles. The van der Waals surface area contributed by atoms with Gasteiger partial charge in [0.15, 0.2) is 5.03 Å². The van der Waals surface area contributed by atoms with Gasteiger partial charge in [0, 0.05) is 5.34 Å². The minimum Gasteiger partial charge on any atom is -0.367 e. The first-order chi connectivity index (χ1) is 9.22. The number of nitrogens with one attached hydrogen (secondary N) is 4. The Hall–Kier alpha value is -2.84. The second-order valence-corrected chi connectivity index (χ2v) is 3.24. The van der Waals surface area contributed by atoms with E-state index in [-0.39, 0.29) is 11.3 Å². The molecule has 0 amide bonds. The molecule has 0 bridgehead atoms. The summed E-state index contributed by atoms with van der Waals surface area (Å²) < 4.78 is 0. The predicted octanol–water partition coefficient (Wildman–Crippen LogP) is -2.76. The van der Waals surface area contributed by atoms with Crippen LogP contribution in [0, 0.1) is 10.1 Å². The van der Waals surface area contributed by atoms with E-state index in [0.717, 1.165) is 0 Å².